The summed E-state index contributed by atoms with van der Waals surface area (Å²) in [6, 6.07) is 0.716. The Balaban J connectivity index is 2.57. The van der Waals surface area contributed by atoms with E-state index in [4.69, 9.17) is 4.74 Å². The van der Waals surface area contributed by atoms with Gasteiger partial charge in [-0.1, -0.05) is 26.7 Å². The van der Waals surface area contributed by atoms with Crippen LogP contribution in [0.4, 0.5) is 0 Å². The first-order valence-corrected chi connectivity index (χ1v) is 8.23. The van der Waals surface area contributed by atoms with Gasteiger partial charge in [0.15, 0.2) is 0 Å². The van der Waals surface area contributed by atoms with Gasteiger partial charge in [0.05, 0.1) is 6.61 Å². The number of nitrogens with zero attached hydrogens (tertiary/aromatic N) is 1. The van der Waals surface area contributed by atoms with Crippen LogP contribution in [0.15, 0.2) is 0 Å². The van der Waals surface area contributed by atoms with Crippen LogP contribution in [0.1, 0.15) is 59.8 Å². The molecule has 4 heteroatoms. The monoisotopic (exact) mass is 284 g/mol. The molecule has 0 heterocycles. The Labute approximate surface area is 124 Å². The van der Waals surface area contributed by atoms with Gasteiger partial charge in [0.2, 0.25) is 0 Å². The first kappa shape index (κ1) is 17.4. The highest BCUT2D eigenvalue weighted by molar-refractivity contribution is 5.80. The molecule has 1 saturated carbocycles. The number of likely N-dealkylation sites (N-methyl/N-ethyl adjacent to an activating group) is 1. The van der Waals surface area contributed by atoms with Gasteiger partial charge in [-0.3, -0.25) is 4.79 Å². The zero-order valence-electron chi connectivity index (χ0n) is 13.7. The van der Waals surface area contributed by atoms with Crippen molar-refractivity contribution < 1.29 is 9.53 Å². The molecule has 0 aromatic carbocycles. The van der Waals surface area contributed by atoms with Gasteiger partial charge >= 0.3 is 5.97 Å². The molecule has 1 fully saturated rings. The van der Waals surface area contributed by atoms with Crippen molar-refractivity contribution in [1.29, 1.82) is 0 Å². The summed E-state index contributed by atoms with van der Waals surface area (Å²) in [6.07, 6.45) is 6.13. The van der Waals surface area contributed by atoms with Crippen molar-refractivity contribution in [3.05, 3.63) is 0 Å². The summed E-state index contributed by atoms with van der Waals surface area (Å²) < 4.78 is 5.23. The average molecular weight is 284 g/mol. The maximum absolute atomic E-state index is 12.2. The van der Waals surface area contributed by atoms with E-state index in [-0.39, 0.29) is 5.97 Å². The van der Waals surface area contributed by atoms with Gasteiger partial charge in [-0.15, -0.1) is 0 Å². The van der Waals surface area contributed by atoms with Crippen LogP contribution in [0.2, 0.25) is 0 Å². The first-order valence-electron chi connectivity index (χ1n) is 8.23. The second-order valence-electron chi connectivity index (χ2n) is 5.90. The predicted molar refractivity (Wildman–Crippen MR) is 82.8 cm³/mol. The second kappa shape index (κ2) is 8.63. The fourth-order valence-corrected chi connectivity index (χ4v) is 3.18. The van der Waals surface area contributed by atoms with E-state index in [1.165, 1.54) is 25.7 Å². The van der Waals surface area contributed by atoms with Gasteiger partial charge < -0.3 is 15.0 Å². The second-order valence-corrected chi connectivity index (χ2v) is 5.90. The van der Waals surface area contributed by atoms with Crippen molar-refractivity contribution in [2.45, 2.75) is 71.4 Å². The third kappa shape index (κ3) is 4.74. The summed E-state index contributed by atoms with van der Waals surface area (Å²) in [5.74, 6) is -0.121. The van der Waals surface area contributed by atoms with E-state index in [1.54, 1.807) is 0 Å². The van der Waals surface area contributed by atoms with E-state index in [0.717, 1.165) is 26.1 Å². The summed E-state index contributed by atoms with van der Waals surface area (Å²) >= 11 is 0. The standard InChI is InChI=1S/C16H32N2O2/c1-5-17-16(4,15(19)20-7-3)12-13-18(6-2)14-10-8-9-11-14/h14,17H,5-13H2,1-4H3. The van der Waals surface area contributed by atoms with Crippen LogP contribution >= 0.6 is 0 Å². The van der Waals surface area contributed by atoms with Gasteiger partial charge in [0.25, 0.3) is 0 Å². The van der Waals surface area contributed by atoms with Crippen molar-refractivity contribution in [3.63, 3.8) is 0 Å². The number of esters is 1. The minimum absolute atomic E-state index is 0.121. The highest BCUT2D eigenvalue weighted by atomic mass is 16.5. The lowest BCUT2D eigenvalue weighted by molar-refractivity contribution is -0.151. The van der Waals surface area contributed by atoms with Crippen molar-refractivity contribution >= 4 is 5.97 Å². The smallest absolute Gasteiger partial charge is 0.326 e. The lowest BCUT2D eigenvalue weighted by atomic mass is 9.97. The normalized spacial score (nSPS) is 19.2. The third-order valence-corrected chi connectivity index (χ3v) is 4.44. The number of nitrogens with one attached hydrogen (secondary N) is 1. The van der Waals surface area contributed by atoms with E-state index < -0.39 is 5.54 Å². The van der Waals surface area contributed by atoms with Gasteiger partial charge in [-0.25, -0.2) is 0 Å². The maximum atomic E-state index is 12.2. The van der Waals surface area contributed by atoms with Crippen molar-refractivity contribution in [3.8, 4) is 0 Å². The van der Waals surface area contributed by atoms with Crippen molar-refractivity contribution in [2.24, 2.45) is 0 Å². The Hall–Kier alpha value is -0.610. The molecule has 118 valence electrons. The van der Waals surface area contributed by atoms with Gasteiger partial charge in [-0.2, -0.15) is 0 Å². The predicted octanol–water partition coefficient (Wildman–Crippen LogP) is 2.57. The molecule has 1 atom stereocenters. The quantitative estimate of drug-likeness (QED) is 0.661. The first-order chi connectivity index (χ1) is 9.57. The Bertz CT molecular complexity index is 290. The molecule has 1 N–H and O–H groups in total. The van der Waals surface area contributed by atoms with Gasteiger partial charge in [-0.05, 0) is 46.2 Å². The number of hydrogen-bond acceptors (Lipinski definition) is 4. The number of hydrogen-bond donors (Lipinski definition) is 1. The highest BCUT2D eigenvalue weighted by Gasteiger charge is 2.34. The Morgan fingerprint density at radius 3 is 2.45 bits per heavy atom. The van der Waals surface area contributed by atoms with Gasteiger partial charge in [0, 0.05) is 12.6 Å². The SMILES string of the molecule is CCNC(C)(CCN(CC)C1CCCC1)C(=O)OCC. The Morgan fingerprint density at radius 1 is 1.30 bits per heavy atom. The lowest BCUT2D eigenvalue weighted by Gasteiger charge is -2.33. The zero-order valence-corrected chi connectivity index (χ0v) is 13.7. The molecule has 0 amide bonds. The molecule has 0 spiro atoms. The fourth-order valence-electron chi connectivity index (χ4n) is 3.18. The molecule has 1 aliphatic rings. The third-order valence-electron chi connectivity index (χ3n) is 4.44. The molecule has 0 radical (unpaired) electrons. The fraction of sp³-hybridized carbons (Fsp3) is 0.938. The lowest BCUT2D eigenvalue weighted by Crippen LogP contribution is -2.52. The zero-order chi connectivity index (χ0) is 15.0. The summed E-state index contributed by atoms with van der Waals surface area (Å²) in [5, 5.41) is 3.31. The van der Waals surface area contributed by atoms with Crippen LogP contribution in [0, 0.1) is 0 Å². The van der Waals surface area contributed by atoms with E-state index in [2.05, 4.69) is 17.1 Å². The Kier molecular flexibility index (Phi) is 7.52. The van der Waals surface area contributed by atoms with E-state index in [0.29, 0.717) is 12.6 Å². The van der Waals surface area contributed by atoms with Crippen LogP contribution in [0.3, 0.4) is 0 Å². The molecule has 1 aliphatic carbocycles. The van der Waals surface area contributed by atoms with E-state index >= 15 is 0 Å². The molecule has 0 bridgehead atoms. The van der Waals surface area contributed by atoms with E-state index in [9.17, 15) is 4.79 Å². The van der Waals surface area contributed by atoms with Crippen molar-refractivity contribution in [2.75, 3.05) is 26.2 Å². The number of ether oxygens (including phenoxy) is 1. The molecule has 0 aliphatic heterocycles. The molecule has 20 heavy (non-hydrogen) atoms. The molecule has 1 unspecified atom stereocenters. The molecule has 0 aromatic rings. The number of carbonyl (C=O) groups is 1. The summed E-state index contributed by atoms with van der Waals surface area (Å²) in [6.45, 7) is 11.3. The molecular formula is C16H32N2O2. The van der Waals surface area contributed by atoms with Crippen LogP contribution in [-0.2, 0) is 9.53 Å². The molecule has 0 aromatic heterocycles. The average Bonchev–Trinajstić information content (AvgIpc) is 2.94. The largest absolute Gasteiger partial charge is 0.465 e. The molecular weight excluding hydrogens is 252 g/mol. The van der Waals surface area contributed by atoms with Crippen LogP contribution in [0.25, 0.3) is 0 Å². The van der Waals surface area contributed by atoms with Crippen LogP contribution in [-0.4, -0.2) is 48.7 Å². The van der Waals surface area contributed by atoms with Crippen LogP contribution in [0.5, 0.6) is 0 Å². The number of carbonyl (C=O) groups excluding carboxylic acids is 1. The highest BCUT2D eigenvalue weighted by Crippen LogP contribution is 2.24. The minimum Gasteiger partial charge on any atom is -0.465 e. The maximum Gasteiger partial charge on any atom is 0.326 e. The topological polar surface area (TPSA) is 41.6 Å². The molecule has 1 rings (SSSR count). The van der Waals surface area contributed by atoms with E-state index in [1.807, 2.05) is 20.8 Å². The molecule has 0 saturated heterocycles. The Morgan fingerprint density at radius 2 is 1.95 bits per heavy atom. The van der Waals surface area contributed by atoms with Crippen LogP contribution < -0.4 is 5.32 Å². The summed E-state index contributed by atoms with van der Waals surface area (Å²) in [5.41, 5.74) is -0.559. The molecule has 4 nitrogen and oxygen atoms in total. The minimum atomic E-state index is -0.559. The summed E-state index contributed by atoms with van der Waals surface area (Å²) in [7, 11) is 0. The van der Waals surface area contributed by atoms with Gasteiger partial charge in [0.1, 0.15) is 5.54 Å². The van der Waals surface area contributed by atoms with Crippen molar-refractivity contribution in [1.82, 2.24) is 10.2 Å². The number of rotatable bonds is 9. The summed E-state index contributed by atoms with van der Waals surface area (Å²) in [4.78, 5) is 14.7.